The van der Waals surface area contributed by atoms with Crippen molar-refractivity contribution in [3.05, 3.63) is 41.2 Å². The Morgan fingerprint density at radius 3 is 2.50 bits per heavy atom. The number of aromatic amines is 1. The van der Waals surface area contributed by atoms with E-state index in [2.05, 4.69) is 25.6 Å². The van der Waals surface area contributed by atoms with Crippen LogP contribution in [0.2, 0.25) is 0 Å². The van der Waals surface area contributed by atoms with Crippen LogP contribution in [0.3, 0.4) is 0 Å². The van der Waals surface area contributed by atoms with E-state index < -0.39 is 17.4 Å². The van der Waals surface area contributed by atoms with Gasteiger partial charge in [-0.1, -0.05) is 12.1 Å². The molecular weight excluding hydrogens is 395 g/mol. The number of carbonyl (C=O) groups excluding carboxylic acids is 1. The minimum atomic E-state index is -4.65. The van der Waals surface area contributed by atoms with Crippen LogP contribution < -0.4 is 10.6 Å². The third-order valence-electron chi connectivity index (χ3n) is 4.43. The summed E-state index contributed by atoms with van der Waals surface area (Å²) in [5, 5.41) is 5.84. The Bertz CT molecular complexity index is 1070. The summed E-state index contributed by atoms with van der Waals surface area (Å²) in [7, 11) is 1.81. The molecule has 0 saturated carbocycles. The number of para-hydroxylation sites is 1. The minimum absolute atomic E-state index is 0.123. The first kappa shape index (κ1) is 21.8. The van der Waals surface area contributed by atoms with Crippen molar-refractivity contribution in [3.8, 4) is 11.3 Å². The topological polar surface area (TPSA) is 82.7 Å². The van der Waals surface area contributed by atoms with E-state index in [-0.39, 0.29) is 11.3 Å². The van der Waals surface area contributed by atoms with Crippen LogP contribution in [0.5, 0.6) is 0 Å². The molecule has 0 aliphatic rings. The zero-order valence-electron chi connectivity index (χ0n) is 17.2. The van der Waals surface area contributed by atoms with Gasteiger partial charge in [0.2, 0.25) is 0 Å². The van der Waals surface area contributed by atoms with Gasteiger partial charge in [0.05, 0.1) is 5.52 Å². The van der Waals surface area contributed by atoms with E-state index in [9.17, 15) is 18.0 Å². The predicted molar refractivity (Wildman–Crippen MR) is 111 cm³/mol. The maximum absolute atomic E-state index is 13.6. The van der Waals surface area contributed by atoms with Crippen molar-refractivity contribution in [1.82, 2.24) is 20.3 Å². The summed E-state index contributed by atoms with van der Waals surface area (Å²) in [4.78, 5) is 22.9. The average Bonchev–Trinajstić information content (AvgIpc) is 3.06. The summed E-state index contributed by atoms with van der Waals surface area (Å²) >= 11 is 0. The van der Waals surface area contributed by atoms with Gasteiger partial charge in [-0.25, -0.2) is 9.97 Å². The quantitative estimate of drug-likeness (QED) is 0.515. The molecule has 0 unspecified atom stereocenters. The van der Waals surface area contributed by atoms with Crippen molar-refractivity contribution in [2.45, 2.75) is 38.9 Å². The molecule has 30 heavy (non-hydrogen) atoms. The zero-order chi connectivity index (χ0) is 22.1. The van der Waals surface area contributed by atoms with Crippen LogP contribution in [0.1, 0.15) is 42.5 Å². The van der Waals surface area contributed by atoms with Crippen LogP contribution in [-0.4, -0.2) is 40.4 Å². The number of alkyl halides is 3. The van der Waals surface area contributed by atoms with E-state index in [1.807, 2.05) is 7.05 Å². The third-order valence-corrected chi connectivity index (χ3v) is 4.43. The van der Waals surface area contributed by atoms with Gasteiger partial charge in [-0.2, -0.15) is 13.2 Å². The van der Waals surface area contributed by atoms with Gasteiger partial charge in [0.25, 0.3) is 0 Å². The van der Waals surface area contributed by atoms with Gasteiger partial charge in [0.15, 0.2) is 17.8 Å². The number of aldehydes is 1. The molecule has 0 fully saturated rings. The summed E-state index contributed by atoms with van der Waals surface area (Å²) in [6.45, 7) is 5.92. The molecule has 0 radical (unpaired) electrons. The molecule has 3 rings (SSSR count). The Labute approximate surface area is 172 Å². The molecule has 0 saturated heterocycles. The normalized spacial score (nSPS) is 12.4. The molecule has 0 bridgehead atoms. The summed E-state index contributed by atoms with van der Waals surface area (Å²) in [5.74, 6) is -0.326. The van der Waals surface area contributed by atoms with Crippen LogP contribution in [0.25, 0.3) is 22.3 Å². The van der Waals surface area contributed by atoms with Crippen molar-refractivity contribution in [2.24, 2.45) is 0 Å². The lowest BCUT2D eigenvalue weighted by Crippen LogP contribution is -2.29. The first-order valence-corrected chi connectivity index (χ1v) is 9.51. The Hall–Kier alpha value is -2.94. The first-order valence-electron chi connectivity index (χ1n) is 9.51. The number of nitrogens with zero attached hydrogens (tertiary/aromatic N) is 2. The number of halogens is 3. The molecule has 0 spiro atoms. The highest BCUT2D eigenvalue weighted by Gasteiger charge is 2.38. The van der Waals surface area contributed by atoms with Gasteiger partial charge in [0.1, 0.15) is 5.52 Å². The van der Waals surface area contributed by atoms with E-state index in [4.69, 9.17) is 0 Å². The van der Waals surface area contributed by atoms with Crippen molar-refractivity contribution in [3.63, 3.8) is 0 Å². The van der Waals surface area contributed by atoms with Crippen molar-refractivity contribution in [2.75, 3.05) is 18.9 Å². The highest BCUT2D eigenvalue weighted by atomic mass is 19.4. The smallest absolute Gasteiger partial charge is 0.364 e. The van der Waals surface area contributed by atoms with Crippen molar-refractivity contribution >= 4 is 23.1 Å². The number of H-pyrrole nitrogens is 1. The second kappa shape index (κ2) is 8.06. The SMILES string of the molecule is CNCCc1[nH]c(-c2cccc3nc(C(F)(F)F)c(NC(C)(C)C)nc23)cc1C=O. The van der Waals surface area contributed by atoms with E-state index in [1.54, 1.807) is 39.0 Å². The second-order valence-electron chi connectivity index (χ2n) is 8.06. The fourth-order valence-corrected chi connectivity index (χ4v) is 3.16. The maximum atomic E-state index is 13.6. The fraction of sp³-hybridized carbons (Fsp3) is 0.381. The van der Waals surface area contributed by atoms with Crippen molar-refractivity contribution < 1.29 is 18.0 Å². The molecule has 160 valence electrons. The van der Waals surface area contributed by atoms with Gasteiger partial charge in [-0.15, -0.1) is 0 Å². The summed E-state index contributed by atoms with van der Waals surface area (Å²) in [5.41, 5.74) is 1.17. The Morgan fingerprint density at radius 2 is 1.90 bits per heavy atom. The molecular formula is C21H24F3N5O. The van der Waals surface area contributed by atoms with Gasteiger partial charge >= 0.3 is 6.18 Å². The number of hydrogen-bond acceptors (Lipinski definition) is 5. The Morgan fingerprint density at radius 1 is 1.17 bits per heavy atom. The number of likely N-dealkylation sites (N-methyl/N-ethyl adjacent to an activating group) is 1. The lowest BCUT2D eigenvalue weighted by Gasteiger charge is -2.24. The molecule has 6 nitrogen and oxygen atoms in total. The van der Waals surface area contributed by atoms with Crippen molar-refractivity contribution in [1.29, 1.82) is 0 Å². The van der Waals surface area contributed by atoms with Crippen LogP contribution in [0.15, 0.2) is 24.3 Å². The van der Waals surface area contributed by atoms with Gasteiger partial charge < -0.3 is 15.6 Å². The van der Waals surface area contributed by atoms with Crippen LogP contribution in [-0.2, 0) is 12.6 Å². The fourth-order valence-electron chi connectivity index (χ4n) is 3.16. The highest BCUT2D eigenvalue weighted by molar-refractivity contribution is 5.93. The molecule has 2 heterocycles. The van der Waals surface area contributed by atoms with Crippen LogP contribution >= 0.6 is 0 Å². The maximum Gasteiger partial charge on any atom is 0.437 e. The lowest BCUT2D eigenvalue weighted by atomic mass is 10.1. The molecule has 0 amide bonds. The number of nitrogens with one attached hydrogen (secondary N) is 3. The van der Waals surface area contributed by atoms with Crippen LogP contribution in [0, 0.1) is 0 Å². The van der Waals surface area contributed by atoms with Gasteiger partial charge in [-0.3, -0.25) is 4.79 Å². The zero-order valence-corrected chi connectivity index (χ0v) is 17.2. The van der Waals surface area contributed by atoms with Gasteiger partial charge in [0, 0.05) is 41.0 Å². The van der Waals surface area contributed by atoms with E-state index in [1.165, 1.54) is 6.07 Å². The number of anilines is 1. The molecule has 0 aliphatic carbocycles. The number of benzene rings is 1. The standard InChI is InChI=1S/C21H24F3N5O/c1-20(2,3)29-19-18(21(22,23)24)27-15-7-5-6-13(17(15)28-19)16-10-12(11-30)14(26-16)8-9-25-4/h5-7,10-11,25-26H,8-9H2,1-4H3,(H,28,29). The lowest BCUT2D eigenvalue weighted by molar-refractivity contribution is -0.140. The predicted octanol–water partition coefficient (Wildman–Crippen LogP) is 4.43. The minimum Gasteiger partial charge on any atom is -0.364 e. The van der Waals surface area contributed by atoms with E-state index in [0.29, 0.717) is 35.3 Å². The summed E-state index contributed by atoms with van der Waals surface area (Å²) < 4.78 is 40.8. The van der Waals surface area contributed by atoms with E-state index in [0.717, 1.165) is 12.0 Å². The molecule has 3 N–H and O–H groups in total. The largest absolute Gasteiger partial charge is 0.437 e. The number of rotatable bonds is 6. The summed E-state index contributed by atoms with van der Waals surface area (Å²) in [6, 6.07) is 6.54. The Balaban J connectivity index is 2.21. The number of aromatic nitrogens is 3. The molecule has 0 aliphatic heterocycles. The molecule has 0 atom stereocenters. The Kier molecular flexibility index (Phi) is 5.85. The van der Waals surface area contributed by atoms with Crippen LogP contribution in [0.4, 0.5) is 19.0 Å². The molecule has 3 aromatic rings. The van der Waals surface area contributed by atoms with Gasteiger partial charge in [-0.05, 0) is 40.0 Å². The highest BCUT2D eigenvalue weighted by Crippen LogP contribution is 2.36. The average molecular weight is 419 g/mol. The number of carbonyl (C=O) groups is 1. The summed E-state index contributed by atoms with van der Waals surface area (Å²) in [6.07, 6.45) is -3.28. The molecule has 2 aromatic heterocycles. The monoisotopic (exact) mass is 419 g/mol. The van der Waals surface area contributed by atoms with E-state index >= 15 is 0 Å². The number of hydrogen-bond donors (Lipinski definition) is 3. The number of fused-ring (bicyclic) bond motifs is 1. The third kappa shape index (κ3) is 4.62. The second-order valence-corrected chi connectivity index (χ2v) is 8.06. The molecule has 1 aromatic carbocycles. The molecule has 9 heteroatoms. The first-order chi connectivity index (χ1) is 14.0.